The molecule has 19 nitrogen and oxygen atoms in total. The summed E-state index contributed by atoms with van der Waals surface area (Å²) in [5, 5.41) is 34.0. The normalized spacial score (nSPS) is 31.0. The molecular weight excluding hydrogens is 1020 g/mol. The average molecular weight is 1070 g/mol. The van der Waals surface area contributed by atoms with Crippen LogP contribution in [0.1, 0.15) is 45.5 Å². The number of pyridine rings is 1. The van der Waals surface area contributed by atoms with Crippen molar-refractivity contribution in [2.24, 2.45) is 0 Å². The Bertz CT molecular complexity index is 3090. The maximum Gasteiger partial charge on any atom is 0.407 e. The average Bonchev–Trinajstić information content (AvgIpc) is 4.25. The van der Waals surface area contributed by atoms with Crippen LogP contribution in [0.4, 0.5) is 27.5 Å². The van der Waals surface area contributed by atoms with Crippen LogP contribution >= 0.6 is 43.2 Å². The van der Waals surface area contributed by atoms with E-state index >= 15 is 0 Å². The van der Waals surface area contributed by atoms with Crippen LogP contribution in [-0.4, -0.2) is 130 Å². The number of amides is 6. The second kappa shape index (κ2) is 17.2. The molecule has 15 rings (SSSR count). The number of benzene rings is 4. The van der Waals surface area contributed by atoms with Crippen LogP contribution in [0.15, 0.2) is 122 Å². The highest BCUT2D eigenvalue weighted by molar-refractivity contribution is 8.78. The zero-order valence-electron chi connectivity index (χ0n) is 39.6. The Morgan fingerprint density at radius 1 is 0.689 bits per heavy atom. The molecule has 0 radical (unpaired) electrons. The number of piperazine rings is 2. The number of para-hydroxylation sites is 4. The number of hydrogen-bond acceptors (Lipinski definition) is 17. The van der Waals surface area contributed by atoms with Crippen molar-refractivity contribution >= 4 is 102 Å². The summed E-state index contributed by atoms with van der Waals surface area (Å²) in [5.74, 6) is -1.45. The predicted molar refractivity (Wildman–Crippen MR) is 281 cm³/mol. The summed E-state index contributed by atoms with van der Waals surface area (Å²) in [7, 11) is 8.28. The van der Waals surface area contributed by atoms with E-state index in [1.807, 2.05) is 54.6 Å². The molecule has 10 aliphatic heterocycles. The van der Waals surface area contributed by atoms with Gasteiger partial charge in [-0.25, -0.2) is 4.79 Å². The van der Waals surface area contributed by atoms with Gasteiger partial charge in [-0.15, -0.1) is 0 Å². The van der Waals surface area contributed by atoms with Gasteiger partial charge >= 0.3 is 6.09 Å². The topological polar surface area (TPSA) is 252 Å². The lowest BCUT2D eigenvalue weighted by molar-refractivity contribution is -0.166. The van der Waals surface area contributed by atoms with E-state index in [4.69, 9.17) is 10.5 Å². The fourth-order valence-corrected chi connectivity index (χ4v) is 19.6. The van der Waals surface area contributed by atoms with Gasteiger partial charge in [0.1, 0.15) is 18.9 Å². The summed E-state index contributed by atoms with van der Waals surface area (Å²) < 4.78 is 5.12. The molecule has 8 fully saturated rings. The number of carbonyl (C=O) groups is 6. The fraction of sp³-hybridized carbons (Fsp3) is 0.314. The third-order valence-electron chi connectivity index (χ3n) is 15.9. The maximum atomic E-state index is 14.7. The number of anilines is 4. The lowest BCUT2D eigenvalue weighted by atomic mass is 9.54. The minimum atomic E-state index is -1.47. The number of carbonyl (C=O) groups excluding carboxylic acids is 6. The van der Waals surface area contributed by atoms with E-state index in [1.54, 1.807) is 90.9 Å². The highest BCUT2D eigenvalue weighted by Crippen LogP contribution is 2.78. The summed E-state index contributed by atoms with van der Waals surface area (Å²) in [6.07, 6.45) is 1.76. The molecule has 8 N–H and O–H groups in total. The molecule has 4 aromatic carbocycles. The molecule has 380 valence electrons. The SMILES string of the molecule is CN1C(=O)[C@@]23C[C@]4([C@]56C[C@@]78SS[C@@](CO)(C(=O)N7[C@H]5Nc5ccccc56)N(C)C8=O)c5ccccc5N[C@@H]4N2C(=O)[C@]1(CO)SS3.Nc1ccccc1NC(=O)c1ccc(CNC(=O)OCc2cccnc2)cc1. The van der Waals surface area contributed by atoms with Gasteiger partial charge in [0, 0.05) is 68.4 Å². The van der Waals surface area contributed by atoms with Crippen molar-refractivity contribution in [3.8, 4) is 0 Å². The van der Waals surface area contributed by atoms with E-state index in [0.29, 0.717) is 23.5 Å². The molecule has 5 aromatic rings. The predicted octanol–water partition coefficient (Wildman–Crippen LogP) is 4.68. The minimum Gasteiger partial charge on any atom is -0.445 e. The first-order chi connectivity index (χ1) is 35.7. The standard InChI is InChI=1S/C30H28N6O6S4.C21H20N4O3/c1-33-21(39)27-11-25(15-7-3-5-9-17(15)31-19(25)35(27)23(41)29(33,13-37)45-43-27)26-12-28-22(40)34(2)30(14-38,46-44-28)24(42)36(28)20(26)32-18-10-6-4-8-16(18)26;22-18-5-1-2-6-19(18)25-20(26)17-9-7-15(8-10-17)13-24-21(27)28-14-16-4-3-11-23-12-16/h3-10,19-20,31-32,37-38H,11-14H2,1-2H3;1-12H,13-14,22H2,(H,24,27)(H,25,26)/t19-,20-,25+,26+,27+,28+,29+,30+;/m1./s1. The van der Waals surface area contributed by atoms with Crippen LogP contribution in [0.2, 0.25) is 0 Å². The van der Waals surface area contributed by atoms with Crippen LogP contribution in [0, 0.1) is 0 Å². The number of ether oxygens (including phenoxy) is 1. The zero-order valence-corrected chi connectivity index (χ0v) is 42.9. The molecule has 11 heterocycles. The van der Waals surface area contributed by atoms with Crippen molar-refractivity contribution in [1.82, 2.24) is 29.9 Å². The molecule has 2 spiro atoms. The third kappa shape index (κ3) is 6.30. The summed E-state index contributed by atoms with van der Waals surface area (Å²) in [6.45, 7) is -0.625. The first-order valence-electron chi connectivity index (χ1n) is 23.6. The van der Waals surface area contributed by atoms with Crippen molar-refractivity contribution in [3.05, 3.63) is 149 Å². The number of nitrogens with two attached hydrogens (primary N) is 1. The van der Waals surface area contributed by atoms with Crippen LogP contribution in [0.3, 0.4) is 0 Å². The van der Waals surface area contributed by atoms with Gasteiger partial charge in [0.05, 0.1) is 35.4 Å². The number of likely N-dealkylation sites (N-methyl/N-ethyl adjacent to an activating group) is 2. The Hall–Kier alpha value is -6.63. The first kappa shape index (κ1) is 48.3. The molecule has 6 amide bonds. The number of nitrogens with zero attached hydrogens (tertiary/aromatic N) is 5. The van der Waals surface area contributed by atoms with E-state index in [0.717, 1.165) is 33.6 Å². The monoisotopic (exact) mass is 1070 g/mol. The molecule has 8 saturated heterocycles. The Balaban J connectivity index is 0.000000171. The Kier molecular flexibility index (Phi) is 11.2. The number of aliphatic hydroxyl groups is 2. The van der Waals surface area contributed by atoms with Gasteiger partial charge < -0.3 is 51.8 Å². The number of rotatable bonds is 9. The molecule has 0 aliphatic carbocycles. The van der Waals surface area contributed by atoms with Gasteiger partial charge in [-0.05, 0) is 80.7 Å². The van der Waals surface area contributed by atoms with Crippen LogP contribution in [0.5, 0.6) is 0 Å². The smallest absolute Gasteiger partial charge is 0.407 e. The number of nitrogen functional groups attached to an aromatic ring is 1. The molecule has 4 bridgehead atoms. The zero-order chi connectivity index (χ0) is 51.6. The van der Waals surface area contributed by atoms with Crippen molar-refractivity contribution in [2.45, 2.75) is 68.6 Å². The lowest BCUT2D eigenvalue weighted by Crippen LogP contribution is -2.77. The van der Waals surface area contributed by atoms with Crippen LogP contribution < -0.4 is 27.0 Å². The number of fused-ring (bicyclic) bond motifs is 11. The van der Waals surface area contributed by atoms with Crippen LogP contribution in [0.25, 0.3) is 0 Å². The fourth-order valence-electron chi connectivity index (χ4n) is 12.4. The maximum absolute atomic E-state index is 14.7. The number of alkyl carbamates (subject to hydrolysis) is 1. The Morgan fingerprint density at radius 3 is 1.73 bits per heavy atom. The Labute approximate surface area is 439 Å². The lowest BCUT2D eigenvalue weighted by Gasteiger charge is -2.57. The van der Waals surface area contributed by atoms with Crippen molar-refractivity contribution in [3.63, 3.8) is 0 Å². The third-order valence-corrected chi connectivity index (χ3v) is 23.2. The van der Waals surface area contributed by atoms with Gasteiger partial charge in [0.15, 0.2) is 9.74 Å². The first-order valence-corrected chi connectivity index (χ1v) is 27.9. The number of aliphatic hydroxyl groups excluding tert-OH is 2. The number of aromatic nitrogens is 1. The molecule has 0 saturated carbocycles. The highest BCUT2D eigenvalue weighted by atomic mass is 33.1. The highest BCUT2D eigenvalue weighted by Gasteiger charge is 2.87. The van der Waals surface area contributed by atoms with Crippen LogP contribution in [-0.2, 0) is 47.9 Å². The summed E-state index contributed by atoms with van der Waals surface area (Å²) in [5.41, 5.74) is 10.5. The van der Waals surface area contributed by atoms with Crippen molar-refractivity contribution < 1.29 is 43.7 Å². The molecule has 0 unspecified atom stereocenters. The summed E-state index contributed by atoms with van der Waals surface area (Å²) in [6, 6.07) is 33.3. The summed E-state index contributed by atoms with van der Waals surface area (Å²) in [4.78, 5) is 87.1. The number of hydrogen-bond donors (Lipinski definition) is 7. The van der Waals surface area contributed by atoms with E-state index in [2.05, 4.69) is 26.3 Å². The molecule has 74 heavy (non-hydrogen) atoms. The second-order valence-corrected chi connectivity index (χ2v) is 24.7. The largest absolute Gasteiger partial charge is 0.445 e. The molecule has 1 aromatic heterocycles. The summed E-state index contributed by atoms with van der Waals surface area (Å²) >= 11 is 0. The van der Waals surface area contributed by atoms with Gasteiger partial charge in [-0.2, -0.15) is 0 Å². The van der Waals surface area contributed by atoms with E-state index in [-0.39, 0.29) is 49.0 Å². The molecular formula is C51H48N10O9S4. The van der Waals surface area contributed by atoms with Gasteiger partial charge in [0.2, 0.25) is 9.74 Å². The van der Waals surface area contributed by atoms with Gasteiger partial charge in [-0.3, -0.25) is 38.8 Å². The molecule has 10 aliphatic rings. The van der Waals surface area contributed by atoms with Crippen molar-refractivity contribution in [1.29, 1.82) is 0 Å². The van der Waals surface area contributed by atoms with Crippen molar-refractivity contribution in [2.75, 3.05) is 49.0 Å². The molecule has 23 heteroatoms. The van der Waals surface area contributed by atoms with E-state index in [9.17, 15) is 39.0 Å². The van der Waals surface area contributed by atoms with Gasteiger partial charge in [-0.1, -0.05) is 88.3 Å². The number of nitrogens with one attached hydrogen (secondary N) is 4. The van der Waals surface area contributed by atoms with E-state index in [1.165, 1.54) is 53.0 Å². The Morgan fingerprint density at radius 2 is 1.22 bits per heavy atom. The second-order valence-electron chi connectivity index (χ2n) is 19.4. The van der Waals surface area contributed by atoms with Gasteiger partial charge in [0.25, 0.3) is 29.5 Å². The quantitative estimate of drug-likeness (QED) is 0.0782. The molecule has 8 atom stereocenters. The minimum absolute atomic E-state index is 0.154. The van der Waals surface area contributed by atoms with E-state index < -0.39 is 62.0 Å².